The fraction of sp³-hybridized carbons (Fsp3) is 0.250. The molecule has 1 aromatic carbocycles. The van der Waals surface area contributed by atoms with Crippen molar-refractivity contribution in [2.75, 3.05) is 12.0 Å². The van der Waals surface area contributed by atoms with Crippen molar-refractivity contribution in [1.29, 1.82) is 0 Å². The fourth-order valence-electron chi connectivity index (χ4n) is 0.718. The van der Waals surface area contributed by atoms with Gasteiger partial charge in [-0.2, -0.15) is 12.6 Å². The van der Waals surface area contributed by atoms with Gasteiger partial charge in [0.1, 0.15) is 0 Å². The lowest BCUT2D eigenvalue weighted by Crippen LogP contribution is -2.19. The van der Waals surface area contributed by atoms with E-state index in [2.05, 4.69) is 12.6 Å². The maximum absolute atomic E-state index is 5.45. The second-order valence-corrected chi connectivity index (χ2v) is 2.19. The number of hydrogen-bond acceptors (Lipinski definition) is 4. The lowest BCUT2D eigenvalue weighted by Gasteiger charge is -2.04. The summed E-state index contributed by atoms with van der Waals surface area (Å²) >= 11 is 3.53. The van der Waals surface area contributed by atoms with Crippen molar-refractivity contribution in [3.8, 4) is 0 Å². The van der Waals surface area contributed by atoms with Gasteiger partial charge in [-0.3, -0.25) is 0 Å². The summed E-state index contributed by atoms with van der Waals surface area (Å²) in [4.78, 5) is 0. The van der Waals surface area contributed by atoms with E-state index in [-0.39, 0.29) is 0 Å². The van der Waals surface area contributed by atoms with Crippen LogP contribution in [0.3, 0.4) is 0 Å². The van der Waals surface area contributed by atoms with E-state index in [9.17, 15) is 0 Å². The molecule has 0 unspecified atom stereocenters. The van der Waals surface area contributed by atoms with Crippen molar-refractivity contribution in [3.05, 3.63) is 29.8 Å². The van der Waals surface area contributed by atoms with Gasteiger partial charge in [0.15, 0.2) is 0 Å². The predicted octanol–water partition coefficient (Wildman–Crippen LogP) is 0.731. The molecule has 3 nitrogen and oxygen atoms in total. The number of rotatable bonds is 1. The van der Waals surface area contributed by atoms with Crippen LogP contribution in [-0.4, -0.2) is 6.26 Å². The van der Waals surface area contributed by atoms with E-state index in [0.29, 0.717) is 0 Å². The molecule has 0 spiro atoms. The zero-order chi connectivity index (χ0) is 9.56. The van der Waals surface area contributed by atoms with Gasteiger partial charge < -0.3 is 17.2 Å². The Morgan fingerprint density at radius 1 is 1.08 bits per heavy atom. The quantitative estimate of drug-likeness (QED) is 0.296. The Kier molecular flexibility index (Phi) is 5.53. The van der Waals surface area contributed by atoms with E-state index >= 15 is 0 Å². The molecule has 0 aliphatic heterocycles. The van der Waals surface area contributed by atoms with Crippen LogP contribution in [0.4, 0.5) is 5.69 Å². The Hall–Kier alpha value is -0.710. The zero-order valence-corrected chi connectivity index (χ0v) is 7.96. The highest BCUT2D eigenvalue weighted by atomic mass is 32.1. The summed E-state index contributed by atoms with van der Waals surface area (Å²) in [6, 6.07) is 7.20. The molecule has 1 aromatic rings. The zero-order valence-electron chi connectivity index (χ0n) is 7.07. The van der Waals surface area contributed by atoms with Gasteiger partial charge in [-0.1, -0.05) is 12.1 Å². The Morgan fingerprint density at radius 3 is 1.83 bits per heavy atom. The molecule has 0 bridgehead atoms. The topological polar surface area (TPSA) is 78.1 Å². The van der Waals surface area contributed by atoms with Crippen molar-refractivity contribution < 1.29 is 0 Å². The van der Waals surface area contributed by atoms with Gasteiger partial charge >= 0.3 is 0 Å². The van der Waals surface area contributed by atoms with Crippen LogP contribution in [-0.2, 0) is 0 Å². The average Bonchev–Trinajstić information content (AvgIpc) is 2.09. The minimum atomic E-state index is -0.402. The molecule has 0 fully saturated rings. The Balaban J connectivity index is 0.000000561. The monoisotopic (exact) mass is 185 g/mol. The molecule has 0 saturated heterocycles. The maximum atomic E-state index is 5.45. The smallest absolute Gasteiger partial charge is 0.0784 e. The molecule has 0 amide bonds. The largest absolute Gasteiger partial charge is 0.399 e. The Bertz CT molecular complexity index is 208. The third-order valence-electron chi connectivity index (χ3n) is 1.32. The highest BCUT2D eigenvalue weighted by Crippen LogP contribution is 2.07. The normalized spacial score (nSPS) is 9.08. The summed E-state index contributed by atoms with van der Waals surface area (Å²) in [6.07, 6.45) is 1.29. The van der Waals surface area contributed by atoms with Crippen molar-refractivity contribution in [2.24, 2.45) is 11.5 Å². The van der Waals surface area contributed by atoms with Crippen LogP contribution in [0, 0.1) is 0 Å². The molecule has 0 saturated carbocycles. The number of anilines is 1. The van der Waals surface area contributed by atoms with Gasteiger partial charge in [-0.05, 0) is 24.0 Å². The van der Waals surface area contributed by atoms with Crippen molar-refractivity contribution >= 4 is 18.3 Å². The first-order valence-electron chi connectivity index (χ1n) is 3.51. The molecule has 0 radical (unpaired) electrons. The first kappa shape index (κ1) is 11.3. The van der Waals surface area contributed by atoms with Crippen molar-refractivity contribution in [2.45, 2.75) is 6.17 Å². The number of nitrogen functional groups attached to an aromatic ring is 1. The van der Waals surface area contributed by atoms with Gasteiger partial charge in [-0.25, -0.2) is 0 Å². The maximum Gasteiger partial charge on any atom is 0.0784 e. The molecular formula is C8H15N3S. The molecule has 0 aliphatic rings. The van der Waals surface area contributed by atoms with Gasteiger partial charge in [0.2, 0.25) is 0 Å². The molecule has 0 aromatic heterocycles. The van der Waals surface area contributed by atoms with Crippen LogP contribution >= 0.6 is 12.6 Å². The van der Waals surface area contributed by atoms with Crippen molar-refractivity contribution in [3.63, 3.8) is 0 Å². The van der Waals surface area contributed by atoms with Gasteiger partial charge in [0.25, 0.3) is 0 Å². The summed E-state index contributed by atoms with van der Waals surface area (Å²) in [5.41, 5.74) is 17.9. The molecule has 1 rings (SSSR count). The van der Waals surface area contributed by atoms with E-state index in [1.54, 1.807) is 18.4 Å². The molecule has 68 valence electrons. The van der Waals surface area contributed by atoms with Crippen LogP contribution in [0.15, 0.2) is 24.3 Å². The van der Waals surface area contributed by atoms with Crippen LogP contribution in [0.1, 0.15) is 11.7 Å². The second kappa shape index (κ2) is 5.88. The van der Waals surface area contributed by atoms with E-state index in [1.165, 1.54) is 0 Å². The number of thiol groups is 1. The summed E-state index contributed by atoms with van der Waals surface area (Å²) in [7, 11) is 0. The van der Waals surface area contributed by atoms with E-state index in [0.717, 1.165) is 11.3 Å². The third kappa shape index (κ3) is 3.61. The van der Waals surface area contributed by atoms with E-state index < -0.39 is 6.17 Å². The molecular weight excluding hydrogens is 170 g/mol. The number of hydrogen-bond donors (Lipinski definition) is 4. The molecule has 0 aliphatic carbocycles. The third-order valence-corrected chi connectivity index (χ3v) is 1.32. The van der Waals surface area contributed by atoms with Crippen molar-refractivity contribution in [1.82, 2.24) is 0 Å². The molecule has 0 atom stereocenters. The van der Waals surface area contributed by atoms with Crippen LogP contribution in [0.25, 0.3) is 0 Å². The molecule has 4 heteroatoms. The summed E-state index contributed by atoms with van der Waals surface area (Å²) in [5.74, 6) is 0. The molecule has 6 N–H and O–H groups in total. The highest BCUT2D eigenvalue weighted by Gasteiger charge is 1.96. The van der Waals surface area contributed by atoms with E-state index in [1.807, 2.05) is 12.1 Å². The first-order chi connectivity index (χ1) is 5.70. The standard InChI is InChI=1S/C7H11N3.CH4S/c8-6-3-1-5(2-4-6)7(9)10;1-2/h1-4,7H,8-10H2;2H,1H3. The van der Waals surface area contributed by atoms with Gasteiger partial charge in [0.05, 0.1) is 6.17 Å². The Morgan fingerprint density at radius 2 is 1.50 bits per heavy atom. The minimum Gasteiger partial charge on any atom is -0.399 e. The lowest BCUT2D eigenvalue weighted by atomic mass is 10.2. The summed E-state index contributed by atoms with van der Waals surface area (Å²) < 4.78 is 0. The fourth-order valence-corrected chi connectivity index (χ4v) is 0.718. The van der Waals surface area contributed by atoms with Crippen LogP contribution < -0.4 is 17.2 Å². The Labute approximate surface area is 78.3 Å². The predicted molar refractivity (Wildman–Crippen MR) is 56.9 cm³/mol. The van der Waals surface area contributed by atoms with Gasteiger partial charge in [-0.15, -0.1) is 0 Å². The first-order valence-corrected chi connectivity index (χ1v) is 4.41. The highest BCUT2D eigenvalue weighted by molar-refractivity contribution is 7.79. The summed E-state index contributed by atoms with van der Waals surface area (Å²) in [5, 5.41) is 0. The van der Waals surface area contributed by atoms with E-state index in [4.69, 9.17) is 17.2 Å². The minimum absolute atomic E-state index is 0.402. The molecule has 0 heterocycles. The van der Waals surface area contributed by atoms with Crippen LogP contribution in [0.2, 0.25) is 0 Å². The van der Waals surface area contributed by atoms with Crippen LogP contribution in [0.5, 0.6) is 0 Å². The number of nitrogens with two attached hydrogens (primary N) is 3. The summed E-state index contributed by atoms with van der Waals surface area (Å²) in [6.45, 7) is 0. The second-order valence-electron chi connectivity index (χ2n) is 2.19. The average molecular weight is 185 g/mol. The number of benzene rings is 1. The molecule has 12 heavy (non-hydrogen) atoms. The van der Waals surface area contributed by atoms with Gasteiger partial charge in [0, 0.05) is 5.69 Å². The SMILES string of the molecule is CS.Nc1ccc(C(N)N)cc1. The lowest BCUT2D eigenvalue weighted by molar-refractivity contribution is 0.774.